The minimum Gasteiger partial charge on any atom is -0.372 e. The van der Waals surface area contributed by atoms with Crippen molar-refractivity contribution in [2.75, 3.05) is 49.8 Å². The first-order valence-electron chi connectivity index (χ1n) is 16.8. The van der Waals surface area contributed by atoms with E-state index in [0.717, 1.165) is 95.9 Å². The predicted molar refractivity (Wildman–Crippen MR) is 202 cm³/mol. The number of amides is 1. The van der Waals surface area contributed by atoms with Gasteiger partial charge in [0, 0.05) is 61.6 Å². The molecule has 8 heteroatoms. The van der Waals surface area contributed by atoms with Gasteiger partial charge in [-0.3, -0.25) is 4.79 Å². The van der Waals surface area contributed by atoms with Crippen molar-refractivity contribution in [1.82, 2.24) is 9.47 Å². The Morgan fingerprint density at radius 1 is 1.13 bits per heavy atom. The Morgan fingerprint density at radius 3 is 2.60 bits per heavy atom. The summed E-state index contributed by atoms with van der Waals surface area (Å²) in [6, 6.07) is 10.8. The fourth-order valence-electron chi connectivity index (χ4n) is 6.08. The summed E-state index contributed by atoms with van der Waals surface area (Å²) in [5.74, 6) is 0.181. The van der Waals surface area contributed by atoms with Crippen molar-refractivity contribution in [1.29, 1.82) is 0 Å². The van der Waals surface area contributed by atoms with E-state index < -0.39 is 0 Å². The number of nitrogens with zero attached hydrogens (tertiary/aromatic N) is 4. The summed E-state index contributed by atoms with van der Waals surface area (Å²) in [6.07, 6.45) is 13.2. The van der Waals surface area contributed by atoms with Gasteiger partial charge in [0.05, 0.1) is 22.6 Å². The van der Waals surface area contributed by atoms with Crippen molar-refractivity contribution >= 4 is 39.6 Å². The Labute approximate surface area is 281 Å². The Hall–Kier alpha value is -4.56. The highest BCUT2D eigenvalue weighted by molar-refractivity contribution is 6.20. The van der Waals surface area contributed by atoms with Gasteiger partial charge in [-0.2, -0.15) is 0 Å². The lowest BCUT2D eigenvalue weighted by atomic mass is 9.96. The van der Waals surface area contributed by atoms with Gasteiger partial charge in [0.25, 0.3) is 0 Å². The van der Waals surface area contributed by atoms with Crippen LogP contribution in [0.4, 0.5) is 17.1 Å². The van der Waals surface area contributed by atoms with Crippen molar-refractivity contribution in [3.05, 3.63) is 102 Å². The van der Waals surface area contributed by atoms with Gasteiger partial charge in [0.1, 0.15) is 5.82 Å². The summed E-state index contributed by atoms with van der Waals surface area (Å²) >= 11 is 0. The maximum atomic E-state index is 11.8. The Morgan fingerprint density at radius 2 is 1.91 bits per heavy atom. The monoisotopic (exact) mass is 635 g/mol. The molecule has 4 rings (SSSR count). The number of hydrogen-bond donors (Lipinski definition) is 3. The number of aryl methyl sites for hydroxylation is 3. The minimum absolute atomic E-state index is 0.247. The smallest absolute Gasteiger partial charge is 0.217 e. The second-order valence-corrected chi connectivity index (χ2v) is 12.7. The molecule has 1 aliphatic rings. The van der Waals surface area contributed by atoms with Crippen LogP contribution in [-0.2, 0) is 17.8 Å². The van der Waals surface area contributed by atoms with E-state index in [1.165, 1.54) is 11.1 Å². The molecule has 1 aromatic heterocycles. The topological polar surface area (TPSA) is 90.9 Å². The van der Waals surface area contributed by atoms with Gasteiger partial charge >= 0.3 is 0 Å². The normalized spacial score (nSPS) is 13.6. The van der Waals surface area contributed by atoms with E-state index in [9.17, 15) is 4.79 Å². The number of nitrogens with two attached hydrogens (primary N) is 1. The van der Waals surface area contributed by atoms with Crippen LogP contribution in [0.5, 0.6) is 0 Å². The molecule has 0 unspecified atom stereocenters. The van der Waals surface area contributed by atoms with Crippen LogP contribution in [0.25, 0.3) is 10.9 Å². The van der Waals surface area contributed by atoms with Gasteiger partial charge in [-0.15, -0.1) is 0 Å². The average Bonchev–Trinajstić information content (AvgIpc) is 3.42. The molecule has 47 heavy (non-hydrogen) atoms. The van der Waals surface area contributed by atoms with Gasteiger partial charge in [-0.1, -0.05) is 56.9 Å². The third kappa shape index (κ3) is 8.83. The van der Waals surface area contributed by atoms with Crippen LogP contribution in [0.15, 0.2) is 90.0 Å². The lowest BCUT2D eigenvalue weighted by Gasteiger charge is -2.26. The van der Waals surface area contributed by atoms with E-state index in [1.54, 1.807) is 0 Å². The van der Waals surface area contributed by atoms with Crippen molar-refractivity contribution < 1.29 is 4.79 Å². The molecular formula is C39H53N7O. The van der Waals surface area contributed by atoms with Crippen LogP contribution in [-0.4, -0.2) is 55.3 Å². The van der Waals surface area contributed by atoms with E-state index in [1.807, 2.05) is 19.1 Å². The maximum absolute atomic E-state index is 11.8. The number of allylic oxidation sites excluding steroid dienone is 4. The number of hydrogen-bond acceptors (Lipinski definition) is 6. The number of benzene rings is 2. The van der Waals surface area contributed by atoms with E-state index in [4.69, 9.17) is 10.7 Å². The number of primary amides is 1. The number of rotatable bonds is 17. The number of carbonyl (C=O) groups is 1. The van der Waals surface area contributed by atoms with Crippen LogP contribution < -0.4 is 21.3 Å². The summed E-state index contributed by atoms with van der Waals surface area (Å²) in [4.78, 5) is 21.4. The first-order valence-corrected chi connectivity index (χ1v) is 16.8. The number of aliphatic imine (C=N–C) groups is 1. The first-order chi connectivity index (χ1) is 22.6. The fourth-order valence-corrected chi connectivity index (χ4v) is 6.08. The first kappa shape index (κ1) is 35.3. The minimum atomic E-state index is -0.332. The quantitative estimate of drug-likeness (QED) is 0.104. The van der Waals surface area contributed by atoms with Crippen molar-refractivity contribution in [2.24, 2.45) is 10.7 Å². The molecule has 0 radical (unpaired) electrons. The SMILES string of the molecule is C=C/C(=C/CCC)Nc1cc(NC(=C)/N=C(\C(=C/C)CCC(N)=O)c2cn3c4c(cccc24)CCC3)c(C)cc1N(C)CCN(C)C. The standard InChI is InChI=1S/C39H53N7O/c1-9-12-17-31(11-3)43-35-25-34(27(4)24-36(35)45(8)23-22-44(6)7)41-28(5)42-38(29(10-2)19-20-37(40)47)33-26-46-21-14-16-30-15-13-18-32(33)39(30)46/h10-11,13,15,17-18,24-26,41,43H,3,5,9,12,14,16,19-23H2,1-2,4,6-8H3,(H2,40,47)/b29-10-,31-17-,42-38+. The number of anilines is 3. The highest BCUT2D eigenvalue weighted by atomic mass is 16.1. The molecule has 2 heterocycles. The fraction of sp³-hybridized carbons (Fsp3) is 0.385. The lowest BCUT2D eigenvalue weighted by Crippen LogP contribution is -2.29. The van der Waals surface area contributed by atoms with Crippen LogP contribution in [0.3, 0.4) is 0 Å². The Balaban J connectivity index is 1.76. The molecule has 0 bridgehead atoms. The van der Waals surface area contributed by atoms with E-state index in [2.05, 4.69) is 116 Å². The summed E-state index contributed by atoms with van der Waals surface area (Å²) in [7, 11) is 6.30. The van der Waals surface area contributed by atoms with E-state index >= 15 is 0 Å². The number of unbranched alkanes of at least 4 members (excludes halogenated alkanes) is 1. The molecule has 0 atom stereocenters. The third-order valence-corrected chi connectivity index (χ3v) is 8.69. The molecule has 2 aromatic carbocycles. The van der Waals surface area contributed by atoms with Gasteiger partial charge in [-0.25, -0.2) is 4.99 Å². The molecule has 1 amide bonds. The van der Waals surface area contributed by atoms with Crippen LogP contribution in [0.1, 0.15) is 62.6 Å². The average molecular weight is 636 g/mol. The molecule has 3 aromatic rings. The van der Waals surface area contributed by atoms with Gasteiger partial charge in [0.2, 0.25) is 5.91 Å². The van der Waals surface area contributed by atoms with Crippen molar-refractivity contribution in [3.63, 3.8) is 0 Å². The molecule has 8 nitrogen and oxygen atoms in total. The number of nitrogens with one attached hydrogen (secondary N) is 2. The van der Waals surface area contributed by atoms with Gasteiger partial charge in [0.15, 0.2) is 0 Å². The van der Waals surface area contributed by atoms with Crippen molar-refractivity contribution in [3.8, 4) is 0 Å². The molecule has 0 spiro atoms. The third-order valence-electron chi connectivity index (χ3n) is 8.69. The van der Waals surface area contributed by atoms with Crippen LogP contribution in [0, 0.1) is 6.92 Å². The summed E-state index contributed by atoms with van der Waals surface area (Å²) in [5, 5.41) is 8.31. The molecule has 250 valence electrons. The zero-order valence-electron chi connectivity index (χ0n) is 29.2. The number of aromatic nitrogens is 1. The van der Waals surface area contributed by atoms with Crippen molar-refractivity contribution in [2.45, 2.75) is 65.8 Å². The largest absolute Gasteiger partial charge is 0.372 e. The van der Waals surface area contributed by atoms with Crippen LogP contribution in [0.2, 0.25) is 0 Å². The number of likely N-dealkylation sites (N-methyl/N-ethyl adjacent to an activating group) is 2. The highest BCUT2D eigenvalue weighted by Crippen LogP contribution is 2.35. The molecule has 1 aliphatic heterocycles. The Bertz CT molecular complexity index is 1710. The zero-order valence-corrected chi connectivity index (χ0v) is 29.2. The molecule has 0 aliphatic carbocycles. The Kier molecular flexibility index (Phi) is 12.3. The molecular weight excluding hydrogens is 582 g/mol. The molecule has 0 saturated heterocycles. The summed E-state index contributed by atoms with van der Waals surface area (Å²) < 4.78 is 2.34. The molecule has 4 N–H and O–H groups in total. The summed E-state index contributed by atoms with van der Waals surface area (Å²) in [5.41, 5.74) is 16.1. The number of carbonyl (C=O) groups excluding carboxylic acids is 1. The van der Waals surface area contributed by atoms with E-state index in [-0.39, 0.29) is 12.3 Å². The molecule has 0 saturated carbocycles. The van der Waals surface area contributed by atoms with Crippen LogP contribution >= 0.6 is 0 Å². The molecule has 0 fully saturated rings. The van der Waals surface area contributed by atoms with Gasteiger partial charge in [-0.05, 0) is 88.5 Å². The van der Waals surface area contributed by atoms with Gasteiger partial charge < -0.3 is 30.7 Å². The highest BCUT2D eigenvalue weighted by Gasteiger charge is 2.21. The van der Waals surface area contributed by atoms with E-state index in [0.29, 0.717) is 12.2 Å². The predicted octanol–water partition coefficient (Wildman–Crippen LogP) is 7.76. The number of para-hydroxylation sites is 1. The second kappa shape index (κ2) is 16.3. The maximum Gasteiger partial charge on any atom is 0.217 e. The zero-order chi connectivity index (χ0) is 34.1. The lowest BCUT2D eigenvalue weighted by molar-refractivity contribution is -0.117. The second-order valence-electron chi connectivity index (χ2n) is 12.7. The summed E-state index contributed by atoms with van der Waals surface area (Å²) in [6.45, 7) is 17.5.